The van der Waals surface area contributed by atoms with E-state index in [2.05, 4.69) is 17.0 Å². The first-order valence-corrected chi connectivity index (χ1v) is 4.72. The first kappa shape index (κ1) is 8.48. The molecule has 0 N–H and O–H groups in total. The smallest absolute Gasteiger partial charge is 0.0575 e. The van der Waals surface area contributed by atoms with Gasteiger partial charge in [0, 0.05) is 25.0 Å². The molecule has 2 aliphatic heterocycles. The highest BCUT2D eigenvalue weighted by Crippen LogP contribution is 2.38. The first-order valence-electron chi connectivity index (χ1n) is 4.72. The summed E-state index contributed by atoms with van der Waals surface area (Å²) in [7, 11) is 3.99. The van der Waals surface area contributed by atoms with Crippen molar-refractivity contribution in [3.05, 3.63) is 0 Å². The molecule has 0 aromatic rings. The maximum atomic E-state index is 5.25. The van der Waals surface area contributed by atoms with Crippen molar-refractivity contribution in [2.24, 2.45) is 5.41 Å². The monoisotopic (exact) mass is 170 g/mol. The molecule has 0 amide bonds. The molecule has 0 bridgehead atoms. The summed E-state index contributed by atoms with van der Waals surface area (Å²) in [6, 6.07) is 0. The minimum atomic E-state index is 0.560. The Labute approximate surface area is 74.2 Å². The van der Waals surface area contributed by atoms with E-state index in [9.17, 15) is 0 Å². The van der Waals surface area contributed by atoms with Crippen LogP contribution in [0.3, 0.4) is 0 Å². The minimum Gasteiger partial charge on any atom is -0.306 e. The summed E-state index contributed by atoms with van der Waals surface area (Å²) in [5.74, 6) is 0. The van der Waals surface area contributed by atoms with Gasteiger partial charge >= 0.3 is 0 Å². The van der Waals surface area contributed by atoms with E-state index in [0.717, 1.165) is 13.1 Å². The quantitative estimate of drug-likeness (QED) is 0.572. The number of rotatable bonds is 1. The molecule has 2 heterocycles. The highest BCUT2D eigenvalue weighted by molar-refractivity contribution is 4.94. The van der Waals surface area contributed by atoms with Crippen LogP contribution in [0.4, 0.5) is 0 Å². The van der Waals surface area contributed by atoms with Crippen LogP contribution in [-0.2, 0) is 4.84 Å². The molecule has 0 aromatic carbocycles. The summed E-state index contributed by atoms with van der Waals surface area (Å²) in [5, 5.41) is 2.10. The van der Waals surface area contributed by atoms with E-state index in [1.165, 1.54) is 25.9 Å². The normalized spacial score (nSPS) is 38.5. The zero-order valence-electron chi connectivity index (χ0n) is 8.05. The number of hydroxylamine groups is 2. The number of hydrogen-bond acceptors (Lipinski definition) is 3. The molecule has 2 fully saturated rings. The van der Waals surface area contributed by atoms with Crippen LogP contribution in [0.1, 0.15) is 12.8 Å². The third-order valence-corrected chi connectivity index (χ3v) is 3.29. The van der Waals surface area contributed by atoms with Crippen molar-refractivity contribution in [3.63, 3.8) is 0 Å². The van der Waals surface area contributed by atoms with E-state index >= 15 is 0 Å². The molecule has 2 aliphatic rings. The summed E-state index contributed by atoms with van der Waals surface area (Å²) in [5.41, 5.74) is 0.560. The zero-order valence-corrected chi connectivity index (χ0v) is 8.05. The second kappa shape index (κ2) is 2.98. The average molecular weight is 170 g/mol. The Morgan fingerprint density at radius 1 is 1.17 bits per heavy atom. The van der Waals surface area contributed by atoms with Crippen LogP contribution < -0.4 is 0 Å². The van der Waals surface area contributed by atoms with E-state index < -0.39 is 0 Å². The van der Waals surface area contributed by atoms with Gasteiger partial charge in [-0.15, -0.1) is 0 Å². The van der Waals surface area contributed by atoms with Gasteiger partial charge in [-0.3, -0.25) is 0 Å². The fourth-order valence-corrected chi connectivity index (χ4v) is 2.54. The second-order valence-corrected chi connectivity index (χ2v) is 4.28. The van der Waals surface area contributed by atoms with Crippen LogP contribution in [0.2, 0.25) is 0 Å². The van der Waals surface area contributed by atoms with Gasteiger partial charge in [0.1, 0.15) is 0 Å². The first-order chi connectivity index (χ1) is 5.74. The van der Waals surface area contributed by atoms with Crippen LogP contribution in [0.15, 0.2) is 0 Å². The van der Waals surface area contributed by atoms with Crippen molar-refractivity contribution < 1.29 is 4.84 Å². The van der Waals surface area contributed by atoms with Crippen LogP contribution in [0.5, 0.6) is 0 Å². The number of nitrogens with zero attached hydrogens (tertiary/aromatic N) is 2. The van der Waals surface area contributed by atoms with E-state index in [-0.39, 0.29) is 0 Å². The van der Waals surface area contributed by atoms with Crippen LogP contribution in [0, 0.1) is 5.41 Å². The predicted octanol–water partition coefficient (Wildman–Crippen LogP) is 0.575. The lowest BCUT2D eigenvalue weighted by Crippen LogP contribution is -2.29. The lowest BCUT2D eigenvalue weighted by Gasteiger charge is -2.22. The Morgan fingerprint density at radius 2 is 1.92 bits per heavy atom. The fourth-order valence-electron chi connectivity index (χ4n) is 2.54. The summed E-state index contributed by atoms with van der Waals surface area (Å²) < 4.78 is 0. The molecule has 1 atom stereocenters. The SMILES string of the molecule is CON1CCC2(CCN(C)C2)C1. The van der Waals surface area contributed by atoms with E-state index in [1.54, 1.807) is 7.11 Å². The van der Waals surface area contributed by atoms with Gasteiger partial charge in [0.2, 0.25) is 0 Å². The highest BCUT2D eigenvalue weighted by Gasteiger charge is 2.42. The maximum absolute atomic E-state index is 5.25. The fraction of sp³-hybridized carbons (Fsp3) is 1.00. The molecule has 3 heteroatoms. The van der Waals surface area contributed by atoms with Crippen molar-refractivity contribution in [1.29, 1.82) is 0 Å². The van der Waals surface area contributed by atoms with Crippen molar-refractivity contribution >= 4 is 0 Å². The third kappa shape index (κ3) is 1.37. The Hall–Kier alpha value is -0.120. The minimum absolute atomic E-state index is 0.560. The highest BCUT2D eigenvalue weighted by atomic mass is 16.7. The third-order valence-electron chi connectivity index (χ3n) is 3.29. The topological polar surface area (TPSA) is 15.7 Å². The molecule has 70 valence electrons. The van der Waals surface area contributed by atoms with Gasteiger partial charge in [-0.2, -0.15) is 5.06 Å². The van der Waals surface area contributed by atoms with Gasteiger partial charge in [0.25, 0.3) is 0 Å². The van der Waals surface area contributed by atoms with Gasteiger partial charge < -0.3 is 9.74 Å². The summed E-state index contributed by atoms with van der Waals surface area (Å²) in [4.78, 5) is 7.68. The van der Waals surface area contributed by atoms with E-state index in [0.29, 0.717) is 5.41 Å². The Kier molecular flexibility index (Phi) is 2.10. The molecule has 3 nitrogen and oxygen atoms in total. The van der Waals surface area contributed by atoms with Gasteiger partial charge in [-0.05, 0) is 26.4 Å². The van der Waals surface area contributed by atoms with E-state index in [1.807, 2.05) is 0 Å². The van der Waals surface area contributed by atoms with Gasteiger partial charge in [0.05, 0.1) is 7.11 Å². The Morgan fingerprint density at radius 3 is 2.42 bits per heavy atom. The van der Waals surface area contributed by atoms with Gasteiger partial charge in [-0.1, -0.05) is 0 Å². The molecule has 1 unspecified atom stereocenters. The van der Waals surface area contributed by atoms with Crippen molar-refractivity contribution in [3.8, 4) is 0 Å². The molecule has 0 aromatic heterocycles. The maximum Gasteiger partial charge on any atom is 0.0575 e. The summed E-state index contributed by atoms with van der Waals surface area (Å²) in [6.07, 6.45) is 2.66. The van der Waals surface area contributed by atoms with Crippen molar-refractivity contribution in [1.82, 2.24) is 9.96 Å². The molecule has 0 radical (unpaired) electrons. The molecule has 0 aliphatic carbocycles. The standard InChI is InChI=1S/C9H18N2O/c1-10-5-3-9(7-10)4-6-11(8-9)12-2/h3-8H2,1-2H3. The van der Waals surface area contributed by atoms with Gasteiger partial charge in [0.15, 0.2) is 0 Å². The summed E-state index contributed by atoms with van der Waals surface area (Å²) >= 11 is 0. The van der Waals surface area contributed by atoms with Crippen molar-refractivity contribution in [2.75, 3.05) is 40.3 Å². The molecule has 0 saturated carbocycles. The number of likely N-dealkylation sites (tertiary alicyclic amines) is 1. The second-order valence-electron chi connectivity index (χ2n) is 4.28. The number of hydrogen-bond donors (Lipinski definition) is 0. The molecular formula is C9H18N2O. The van der Waals surface area contributed by atoms with Crippen LogP contribution >= 0.6 is 0 Å². The Balaban J connectivity index is 1.97. The molecular weight excluding hydrogens is 152 g/mol. The zero-order chi connectivity index (χ0) is 8.60. The van der Waals surface area contributed by atoms with Crippen LogP contribution in [0.25, 0.3) is 0 Å². The average Bonchev–Trinajstić information content (AvgIpc) is 2.61. The predicted molar refractivity (Wildman–Crippen MR) is 47.7 cm³/mol. The van der Waals surface area contributed by atoms with Crippen molar-refractivity contribution in [2.45, 2.75) is 12.8 Å². The summed E-state index contributed by atoms with van der Waals surface area (Å²) in [6.45, 7) is 4.77. The lowest BCUT2D eigenvalue weighted by molar-refractivity contribution is -0.119. The largest absolute Gasteiger partial charge is 0.306 e. The van der Waals surface area contributed by atoms with Gasteiger partial charge in [-0.25, -0.2) is 0 Å². The molecule has 2 saturated heterocycles. The lowest BCUT2D eigenvalue weighted by atomic mass is 9.87. The Bertz CT molecular complexity index is 174. The van der Waals surface area contributed by atoms with Crippen LogP contribution in [-0.4, -0.2) is 50.3 Å². The molecule has 12 heavy (non-hydrogen) atoms. The molecule has 2 rings (SSSR count). The molecule has 1 spiro atoms. The van der Waals surface area contributed by atoms with E-state index in [4.69, 9.17) is 4.84 Å².